The van der Waals surface area contributed by atoms with Gasteiger partial charge in [0.05, 0.1) is 17.8 Å². The third kappa shape index (κ3) is 3.13. The van der Waals surface area contributed by atoms with Gasteiger partial charge in [0.25, 0.3) is 0 Å². The van der Waals surface area contributed by atoms with E-state index >= 15 is 0 Å². The van der Waals surface area contributed by atoms with E-state index in [2.05, 4.69) is 10.6 Å². The predicted molar refractivity (Wildman–Crippen MR) is 67.5 cm³/mol. The second-order valence-corrected chi connectivity index (χ2v) is 4.31. The zero-order valence-corrected chi connectivity index (χ0v) is 9.77. The molecule has 6 heteroatoms. The summed E-state index contributed by atoms with van der Waals surface area (Å²) in [6.45, 7) is 0.0419. The van der Waals surface area contributed by atoms with Crippen molar-refractivity contribution in [1.29, 1.82) is 0 Å². The Morgan fingerprint density at radius 2 is 2.11 bits per heavy atom. The van der Waals surface area contributed by atoms with Gasteiger partial charge in [0.15, 0.2) is 0 Å². The summed E-state index contributed by atoms with van der Waals surface area (Å²) in [4.78, 5) is 22.5. The zero-order valence-electron chi connectivity index (χ0n) is 9.77. The van der Waals surface area contributed by atoms with Gasteiger partial charge in [0.1, 0.15) is 0 Å². The number of carbonyl (C=O) groups excluding carboxylic acids is 1. The quantitative estimate of drug-likeness (QED) is 0.574. The van der Waals surface area contributed by atoms with Gasteiger partial charge >= 0.3 is 5.97 Å². The third-order valence-electron chi connectivity index (χ3n) is 2.66. The number of carboxylic acids is 1. The lowest BCUT2D eigenvalue weighted by atomic mass is 10.1. The Kier molecular flexibility index (Phi) is 3.36. The number of benzene rings is 1. The average molecular weight is 249 g/mol. The summed E-state index contributed by atoms with van der Waals surface area (Å²) in [7, 11) is 0. The molecule has 1 aliphatic carbocycles. The minimum atomic E-state index is -1.06. The van der Waals surface area contributed by atoms with Crippen molar-refractivity contribution in [2.24, 2.45) is 0 Å². The second-order valence-electron chi connectivity index (χ2n) is 4.31. The molecule has 0 bridgehead atoms. The van der Waals surface area contributed by atoms with E-state index < -0.39 is 5.97 Å². The molecule has 0 aliphatic heterocycles. The highest BCUT2D eigenvalue weighted by Gasteiger charge is 2.23. The van der Waals surface area contributed by atoms with Crippen LogP contribution in [-0.4, -0.2) is 29.6 Å². The Balaban J connectivity index is 2.00. The van der Waals surface area contributed by atoms with E-state index in [9.17, 15) is 9.59 Å². The maximum Gasteiger partial charge on any atom is 0.337 e. The Morgan fingerprint density at radius 1 is 1.39 bits per heavy atom. The van der Waals surface area contributed by atoms with E-state index in [0.29, 0.717) is 17.4 Å². The molecule has 0 saturated heterocycles. The first kappa shape index (κ1) is 12.2. The standard InChI is InChI=1S/C12H15N3O3/c13-7-1-4-9(12(17)18)10(5-7)14-6-11(16)15-8-2-3-8/h1,4-5,8,14H,2-3,6,13H2,(H,15,16)(H,17,18). The Morgan fingerprint density at radius 3 is 2.72 bits per heavy atom. The number of anilines is 2. The minimum Gasteiger partial charge on any atom is -0.478 e. The van der Waals surface area contributed by atoms with Crippen LogP contribution < -0.4 is 16.4 Å². The highest BCUT2D eigenvalue weighted by Crippen LogP contribution is 2.20. The molecule has 1 aliphatic rings. The molecule has 0 aromatic heterocycles. The fourth-order valence-electron chi connectivity index (χ4n) is 1.58. The molecule has 2 rings (SSSR count). The van der Waals surface area contributed by atoms with Crippen LogP contribution in [-0.2, 0) is 4.79 Å². The smallest absolute Gasteiger partial charge is 0.337 e. The number of hydrogen-bond donors (Lipinski definition) is 4. The summed E-state index contributed by atoms with van der Waals surface area (Å²) in [5, 5.41) is 14.6. The Bertz CT molecular complexity index is 483. The van der Waals surface area contributed by atoms with Gasteiger partial charge < -0.3 is 21.5 Å². The van der Waals surface area contributed by atoms with Gasteiger partial charge in [-0.15, -0.1) is 0 Å². The number of rotatable bonds is 5. The lowest BCUT2D eigenvalue weighted by Gasteiger charge is -2.10. The van der Waals surface area contributed by atoms with Crippen LogP contribution in [0.2, 0.25) is 0 Å². The molecular weight excluding hydrogens is 234 g/mol. The van der Waals surface area contributed by atoms with Crippen LogP contribution in [0.1, 0.15) is 23.2 Å². The average Bonchev–Trinajstić information content (AvgIpc) is 3.10. The van der Waals surface area contributed by atoms with Gasteiger partial charge in [0.2, 0.25) is 5.91 Å². The normalized spacial score (nSPS) is 14.0. The van der Waals surface area contributed by atoms with Gasteiger partial charge in [-0.2, -0.15) is 0 Å². The Labute approximate surface area is 104 Å². The van der Waals surface area contributed by atoms with Crippen LogP contribution in [0.25, 0.3) is 0 Å². The molecule has 0 heterocycles. The maximum absolute atomic E-state index is 11.5. The molecule has 0 atom stereocenters. The maximum atomic E-state index is 11.5. The number of aromatic carboxylic acids is 1. The minimum absolute atomic E-state index is 0.0419. The van der Waals surface area contributed by atoms with Crippen LogP contribution in [0.3, 0.4) is 0 Å². The first-order chi connectivity index (χ1) is 8.56. The monoisotopic (exact) mass is 249 g/mol. The molecule has 1 fully saturated rings. The van der Waals surface area contributed by atoms with Crippen molar-refractivity contribution >= 4 is 23.3 Å². The largest absolute Gasteiger partial charge is 0.478 e. The molecule has 18 heavy (non-hydrogen) atoms. The number of nitrogens with one attached hydrogen (secondary N) is 2. The van der Waals surface area contributed by atoms with Crippen molar-refractivity contribution in [3.05, 3.63) is 23.8 Å². The fraction of sp³-hybridized carbons (Fsp3) is 0.333. The first-order valence-corrected chi connectivity index (χ1v) is 5.72. The summed E-state index contributed by atoms with van der Waals surface area (Å²) in [5.41, 5.74) is 6.50. The van der Waals surface area contributed by atoms with Crippen LogP contribution in [0.5, 0.6) is 0 Å². The van der Waals surface area contributed by atoms with Crippen LogP contribution in [0, 0.1) is 0 Å². The Hall–Kier alpha value is -2.24. The number of carboxylic acid groups (broad SMARTS) is 1. The summed E-state index contributed by atoms with van der Waals surface area (Å²) >= 11 is 0. The van der Waals surface area contributed by atoms with Crippen molar-refractivity contribution in [3.8, 4) is 0 Å². The number of hydrogen-bond acceptors (Lipinski definition) is 4. The summed E-state index contributed by atoms with van der Waals surface area (Å²) in [6, 6.07) is 4.73. The number of nitrogen functional groups attached to an aromatic ring is 1. The van der Waals surface area contributed by atoms with Crippen molar-refractivity contribution in [2.45, 2.75) is 18.9 Å². The molecule has 1 aromatic rings. The van der Waals surface area contributed by atoms with Gasteiger partial charge in [-0.3, -0.25) is 4.79 Å². The van der Waals surface area contributed by atoms with Crippen molar-refractivity contribution in [2.75, 3.05) is 17.6 Å². The molecule has 1 aromatic carbocycles. The lowest BCUT2D eigenvalue weighted by molar-refractivity contribution is -0.119. The summed E-state index contributed by atoms with van der Waals surface area (Å²) in [6.07, 6.45) is 2.04. The highest BCUT2D eigenvalue weighted by molar-refractivity contribution is 5.95. The van der Waals surface area contributed by atoms with E-state index in [-0.39, 0.29) is 18.0 Å². The van der Waals surface area contributed by atoms with Gasteiger partial charge in [0, 0.05) is 11.7 Å². The SMILES string of the molecule is Nc1ccc(C(=O)O)c(NCC(=O)NC2CC2)c1. The molecule has 96 valence electrons. The van der Waals surface area contributed by atoms with Gasteiger partial charge in [-0.25, -0.2) is 4.79 Å². The zero-order chi connectivity index (χ0) is 13.1. The molecule has 1 amide bonds. The van der Waals surface area contributed by atoms with E-state index in [1.807, 2.05) is 0 Å². The molecule has 0 unspecified atom stereocenters. The second kappa shape index (κ2) is 4.95. The van der Waals surface area contributed by atoms with Crippen molar-refractivity contribution in [1.82, 2.24) is 5.32 Å². The summed E-state index contributed by atoms with van der Waals surface area (Å²) < 4.78 is 0. The molecular formula is C12H15N3O3. The van der Waals surface area contributed by atoms with Crippen LogP contribution in [0.4, 0.5) is 11.4 Å². The molecule has 6 nitrogen and oxygen atoms in total. The number of nitrogens with two attached hydrogens (primary N) is 1. The van der Waals surface area contributed by atoms with Gasteiger partial charge in [-0.05, 0) is 31.0 Å². The molecule has 0 radical (unpaired) electrons. The first-order valence-electron chi connectivity index (χ1n) is 5.72. The van der Waals surface area contributed by atoms with E-state index in [4.69, 9.17) is 10.8 Å². The van der Waals surface area contributed by atoms with Crippen molar-refractivity contribution in [3.63, 3.8) is 0 Å². The molecule has 1 saturated carbocycles. The van der Waals surface area contributed by atoms with Gasteiger partial charge in [-0.1, -0.05) is 0 Å². The van der Waals surface area contributed by atoms with E-state index in [1.165, 1.54) is 18.2 Å². The molecule has 0 spiro atoms. The predicted octanol–water partition coefficient (Wildman–Crippen LogP) is 0.657. The number of carbonyl (C=O) groups is 2. The van der Waals surface area contributed by atoms with E-state index in [0.717, 1.165) is 12.8 Å². The lowest BCUT2D eigenvalue weighted by Crippen LogP contribution is -2.31. The topological polar surface area (TPSA) is 104 Å². The third-order valence-corrected chi connectivity index (χ3v) is 2.66. The van der Waals surface area contributed by atoms with E-state index in [1.54, 1.807) is 0 Å². The highest BCUT2D eigenvalue weighted by atomic mass is 16.4. The summed E-state index contributed by atoms with van der Waals surface area (Å²) in [5.74, 6) is -1.20. The van der Waals surface area contributed by atoms with Crippen LogP contribution >= 0.6 is 0 Å². The fourth-order valence-corrected chi connectivity index (χ4v) is 1.58. The molecule has 5 N–H and O–H groups in total. The number of amides is 1. The van der Waals surface area contributed by atoms with Crippen LogP contribution in [0.15, 0.2) is 18.2 Å². The van der Waals surface area contributed by atoms with Crippen molar-refractivity contribution < 1.29 is 14.7 Å².